The second-order valence-electron chi connectivity index (χ2n) is 5.36. The Morgan fingerprint density at radius 3 is 1.55 bits per heavy atom. The molecule has 0 aliphatic heterocycles. The normalized spacial score (nSPS) is 11.0. The van der Waals surface area contributed by atoms with Crippen LogP contribution in [0.15, 0.2) is 48.5 Å². The van der Waals surface area contributed by atoms with E-state index >= 15 is 0 Å². The smallest absolute Gasteiger partial charge is 0.304 e. The number of rotatable bonds is 6. The fourth-order valence-corrected chi connectivity index (χ4v) is 2.59. The Hall–Kier alpha value is -2.49. The molecule has 0 spiro atoms. The highest BCUT2D eigenvalue weighted by molar-refractivity contribution is 5.70. The molecule has 0 aromatic heterocycles. The summed E-state index contributed by atoms with van der Waals surface area (Å²) in [6.07, 6.45) is 0.00561. The number of methoxy groups -OCH3 is 2. The SMILES string of the molecule is COc1ccc(C(C)(CC(=O)O)c2ccc(OC)cc2)cc1. The molecule has 0 radical (unpaired) electrons. The summed E-state index contributed by atoms with van der Waals surface area (Å²) < 4.78 is 10.3. The molecule has 22 heavy (non-hydrogen) atoms. The minimum Gasteiger partial charge on any atom is -0.497 e. The third-order valence-electron chi connectivity index (χ3n) is 3.96. The molecule has 4 nitrogen and oxygen atoms in total. The van der Waals surface area contributed by atoms with Crippen LogP contribution in [0, 0.1) is 0 Å². The number of carboxylic acids is 1. The van der Waals surface area contributed by atoms with Gasteiger partial charge in [0.2, 0.25) is 0 Å². The van der Waals surface area contributed by atoms with Crippen LogP contribution in [0.5, 0.6) is 11.5 Å². The maximum absolute atomic E-state index is 11.4. The fraction of sp³-hybridized carbons (Fsp3) is 0.278. The van der Waals surface area contributed by atoms with Crippen LogP contribution in [0.25, 0.3) is 0 Å². The molecule has 0 atom stereocenters. The van der Waals surface area contributed by atoms with Crippen molar-refractivity contribution in [2.75, 3.05) is 14.2 Å². The molecule has 0 aliphatic rings. The van der Waals surface area contributed by atoms with E-state index in [1.54, 1.807) is 14.2 Å². The van der Waals surface area contributed by atoms with Crippen LogP contribution in [0.1, 0.15) is 24.5 Å². The number of carboxylic acid groups (broad SMARTS) is 1. The molecule has 0 amide bonds. The molecule has 4 heteroatoms. The lowest BCUT2D eigenvalue weighted by Gasteiger charge is -2.29. The molecular weight excluding hydrogens is 280 g/mol. The number of hydrogen-bond donors (Lipinski definition) is 1. The van der Waals surface area contributed by atoms with Gasteiger partial charge < -0.3 is 14.6 Å². The van der Waals surface area contributed by atoms with Crippen LogP contribution in [0.3, 0.4) is 0 Å². The highest BCUT2D eigenvalue weighted by Crippen LogP contribution is 2.36. The molecule has 2 rings (SSSR count). The standard InChI is InChI=1S/C18H20O4/c1-18(12-17(19)20,13-4-8-15(21-2)9-5-13)14-6-10-16(22-3)11-7-14/h4-11H,12H2,1-3H3,(H,19,20). The van der Waals surface area contributed by atoms with Crippen LogP contribution >= 0.6 is 0 Å². The maximum atomic E-state index is 11.4. The van der Waals surface area contributed by atoms with E-state index in [-0.39, 0.29) is 6.42 Å². The van der Waals surface area contributed by atoms with Crippen molar-refractivity contribution in [2.45, 2.75) is 18.8 Å². The molecule has 2 aromatic carbocycles. The zero-order valence-electron chi connectivity index (χ0n) is 13.0. The lowest BCUT2D eigenvalue weighted by molar-refractivity contribution is -0.138. The van der Waals surface area contributed by atoms with Gasteiger partial charge in [0, 0.05) is 5.41 Å². The summed E-state index contributed by atoms with van der Waals surface area (Å²) in [6.45, 7) is 1.94. The van der Waals surface area contributed by atoms with Gasteiger partial charge in [0.1, 0.15) is 11.5 Å². The van der Waals surface area contributed by atoms with Crippen LogP contribution in [-0.2, 0) is 10.2 Å². The van der Waals surface area contributed by atoms with Gasteiger partial charge in [-0.25, -0.2) is 0 Å². The van der Waals surface area contributed by atoms with Crippen molar-refractivity contribution in [3.63, 3.8) is 0 Å². The van der Waals surface area contributed by atoms with Crippen molar-refractivity contribution in [3.8, 4) is 11.5 Å². The first kappa shape index (κ1) is 15.9. The van der Waals surface area contributed by atoms with Gasteiger partial charge in [-0.2, -0.15) is 0 Å². The number of hydrogen-bond acceptors (Lipinski definition) is 3. The molecule has 0 heterocycles. The van der Waals surface area contributed by atoms with Crippen molar-refractivity contribution >= 4 is 5.97 Å². The molecule has 0 saturated heterocycles. The summed E-state index contributed by atoms with van der Waals surface area (Å²) in [5, 5.41) is 9.32. The minimum absolute atomic E-state index is 0.00561. The predicted octanol–water partition coefficient (Wildman–Crippen LogP) is 3.48. The molecule has 0 unspecified atom stereocenters. The van der Waals surface area contributed by atoms with Crippen molar-refractivity contribution in [1.29, 1.82) is 0 Å². The molecular formula is C18H20O4. The minimum atomic E-state index is -0.839. The Labute approximate surface area is 130 Å². The fourth-order valence-electron chi connectivity index (χ4n) is 2.59. The van der Waals surface area contributed by atoms with Gasteiger partial charge in [-0.3, -0.25) is 4.79 Å². The summed E-state index contributed by atoms with van der Waals surface area (Å²) in [5.74, 6) is 0.654. The number of aliphatic carboxylic acids is 1. The number of carbonyl (C=O) groups is 1. The van der Waals surface area contributed by atoms with Gasteiger partial charge in [0.15, 0.2) is 0 Å². The Balaban J connectivity index is 2.47. The molecule has 0 aliphatic carbocycles. The van der Waals surface area contributed by atoms with Gasteiger partial charge in [-0.05, 0) is 35.4 Å². The zero-order chi connectivity index (χ0) is 16.2. The first-order valence-corrected chi connectivity index (χ1v) is 7.00. The number of benzene rings is 2. The summed E-state index contributed by atoms with van der Waals surface area (Å²) in [7, 11) is 3.21. The monoisotopic (exact) mass is 300 g/mol. The Morgan fingerprint density at radius 2 is 1.27 bits per heavy atom. The summed E-state index contributed by atoms with van der Waals surface area (Å²) in [6, 6.07) is 15.0. The van der Waals surface area contributed by atoms with Crippen molar-refractivity contribution in [3.05, 3.63) is 59.7 Å². The Kier molecular flexibility index (Phi) is 4.71. The van der Waals surface area contributed by atoms with E-state index < -0.39 is 11.4 Å². The largest absolute Gasteiger partial charge is 0.497 e. The van der Waals surface area contributed by atoms with E-state index in [4.69, 9.17) is 9.47 Å². The van der Waals surface area contributed by atoms with Gasteiger partial charge >= 0.3 is 5.97 Å². The second kappa shape index (κ2) is 6.52. The molecule has 0 saturated carbocycles. The van der Waals surface area contributed by atoms with E-state index in [1.807, 2.05) is 55.5 Å². The number of ether oxygens (including phenoxy) is 2. The predicted molar refractivity (Wildman–Crippen MR) is 84.7 cm³/mol. The molecule has 2 aromatic rings. The zero-order valence-corrected chi connectivity index (χ0v) is 13.0. The highest BCUT2D eigenvalue weighted by atomic mass is 16.5. The third-order valence-corrected chi connectivity index (χ3v) is 3.96. The highest BCUT2D eigenvalue weighted by Gasteiger charge is 2.31. The molecule has 1 N–H and O–H groups in total. The van der Waals surface area contributed by atoms with Gasteiger partial charge in [0.25, 0.3) is 0 Å². The molecule has 116 valence electrons. The van der Waals surface area contributed by atoms with Gasteiger partial charge in [-0.1, -0.05) is 31.2 Å². The van der Waals surface area contributed by atoms with Crippen LogP contribution in [0.4, 0.5) is 0 Å². The second-order valence-corrected chi connectivity index (χ2v) is 5.36. The van der Waals surface area contributed by atoms with Crippen molar-refractivity contribution < 1.29 is 19.4 Å². The van der Waals surface area contributed by atoms with E-state index in [0.717, 1.165) is 22.6 Å². The van der Waals surface area contributed by atoms with Crippen LogP contribution in [-0.4, -0.2) is 25.3 Å². The van der Waals surface area contributed by atoms with E-state index in [9.17, 15) is 9.90 Å². The maximum Gasteiger partial charge on any atom is 0.304 e. The van der Waals surface area contributed by atoms with Crippen molar-refractivity contribution in [1.82, 2.24) is 0 Å². The Morgan fingerprint density at radius 1 is 0.909 bits per heavy atom. The lowest BCUT2D eigenvalue weighted by Crippen LogP contribution is -2.27. The summed E-state index contributed by atoms with van der Waals surface area (Å²) in [5.41, 5.74) is 1.24. The first-order chi connectivity index (χ1) is 10.5. The quantitative estimate of drug-likeness (QED) is 0.887. The van der Waals surface area contributed by atoms with Crippen molar-refractivity contribution in [2.24, 2.45) is 0 Å². The van der Waals surface area contributed by atoms with Gasteiger partial charge in [-0.15, -0.1) is 0 Å². The average molecular weight is 300 g/mol. The average Bonchev–Trinajstić information content (AvgIpc) is 2.54. The Bertz CT molecular complexity index is 582. The van der Waals surface area contributed by atoms with E-state index in [0.29, 0.717) is 0 Å². The molecule has 0 fully saturated rings. The molecule has 0 bridgehead atoms. The van der Waals surface area contributed by atoms with Crippen LogP contribution < -0.4 is 9.47 Å². The third kappa shape index (κ3) is 3.22. The summed E-state index contributed by atoms with van der Waals surface area (Å²) in [4.78, 5) is 11.4. The summed E-state index contributed by atoms with van der Waals surface area (Å²) >= 11 is 0. The van der Waals surface area contributed by atoms with Gasteiger partial charge in [0.05, 0.1) is 20.6 Å². The van der Waals surface area contributed by atoms with Crippen LogP contribution in [0.2, 0.25) is 0 Å². The van der Waals surface area contributed by atoms with E-state index in [2.05, 4.69) is 0 Å². The topological polar surface area (TPSA) is 55.8 Å². The lowest BCUT2D eigenvalue weighted by atomic mass is 9.74. The first-order valence-electron chi connectivity index (χ1n) is 7.00. The van der Waals surface area contributed by atoms with E-state index in [1.165, 1.54) is 0 Å².